The largest absolute Gasteiger partial charge is 0.323 e. The van der Waals surface area contributed by atoms with Crippen LogP contribution in [0.2, 0.25) is 0 Å². The first kappa shape index (κ1) is 18.0. The van der Waals surface area contributed by atoms with Gasteiger partial charge in [-0.2, -0.15) is 4.31 Å². The third-order valence-corrected chi connectivity index (χ3v) is 7.27. The minimum Gasteiger partial charge on any atom is -0.323 e. The molecule has 2 aromatic rings. The summed E-state index contributed by atoms with van der Waals surface area (Å²) in [5.74, 6) is -2.54. The van der Waals surface area contributed by atoms with E-state index in [1.54, 1.807) is 11.4 Å². The SMILES string of the molecule is O=C(Nc1cc(F)ccc1F)[C@H]1CCCN(S(=O)(=O)c2cccs2)C1. The summed E-state index contributed by atoms with van der Waals surface area (Å²) in [5, 5.41) is 4.03. The van der Waals surface area contributed by atoms with Crippen molar-refractivity contribution >= 4 is 33.0 Å². The van der Waals surface area contributed by atoms with Gasteiger partial charge in [-0.3, -0.25) is 4.79 Å². The standard InChI is InChI=1S/C16H16F2N2O3S2/c17-12-5-6-13(18)14(9-12)19-16(21)11-3-1-7-20(10-11)25(22,23)15-4-2-8-24-15/h2,4-6,8-9,11H,1,3,7,10H2,(H,19,21)/t11-/m0/s1. The number of carbonyl (C=O) groups is 1. The Kier molecular flexibility index (Phi) is 5.16. The molecule has 2 heterocycles. The van der Waals surface area contributed by atoms with Crippen LogP contribution < -0.4 is 5.32 Å². The fourth-order valence-corrected chi connectivity index (χ4v) is 5.41. The van der Waals surface area contributed by atoms with Crippen LogP contribution in [-0.2, 0) is 14.8 Å². The molecule has 3 rings (SSSR count). The Balaban J connectivity index is 1.73. The number of benzene rings is 1. The number of hydrogen-bond acceptors (Lipinski definition) is 4. The molecule has 1 atom stereocenters. The molecular weight excluding hydrogens is 370 g/mol. The minimum atomic E-state index is -3.64. The highest BCUT2D eigenvalue weighted by Crippen LogP contribution is 2.27. The number of nitrogens with zero attached hydrogens (tertiary/aromatic N) is 1. The fraction of sp³-hybridized carbons (Fsp3) is 0.312. The molecule has 1 aliphatic rings. The molecule has 1 saturated heterocycles. The third kappa shape index (κ3) is 3.88. The lowest BCUT2D eigenvalue weighted by Gasteiger charge is -2.30. The van der Waals surface area contributed by atoms with Gasteiger partial charge >= 0.3 is 0 Å². The Morgan fingerprint density at radius 1 is 1.28 bits per heavy atom. The van der Waals surface area contributed by atoms with Crippen molar-refractivity contribution in [1.82, 2.24) is 4.31 Å². The van der Waals surface area contributed by atoms with Gasteiger partial charge in [0, 0.05) is 19.2 Å². The van der Waals surface area contributed by atoms with Gasteiger partial charge in [0.2, 0.25) is 5.91 Å². The molecule has 1 N–H and O–H groups in total. The van der Waals surface area contributed by atoms with Gasteiger partial charge in [0.15, 0.2) is 0 Å². The lowest BCUT2D eigenvalue weighted by Crippen LogP contribution is -2.43. The van der Waals surface area contributed by atoms with Crippen LogP contribution in [0.4, 0.5) is 14.5 Å². The predicted octanol–water partition coefficient (Wildman–Crippen LogP) is 3.07. The molecule has 25 heavy (non-hydrogen) atoms. The highest BCUT2D eigenvalue weighted by atomic mass is 32.2. The number of anilines is 1. The molecule has 1 amide bonds. The molecule has 1 fully saturated rings. The monoisotopic (exact) mass is 386 g/mol. The van der Waals surface area contributed by atoms with Crippen LogP contribution in [0, 0.1) is 17.6 Å². The smallest absolute Gasteiger partial charge is 0.252 e. The summed E-state index contributed by atoms with van der Waals surface area (Å²) in [6.45, 7) is 0.349. The van der Waals surface area contributed by atoms with E-state index in [0.717, 1.165) is 29.5 Å². The van der Waals surface area contributed by atoms with E-state index in [0.29, 0.717) is 19.4 Å². The van der Waals surface area contributed by atoms with E-state index < -0.39 is 33.5 Å². The maximum absolute atomic E-state index is 13.7. The molecule has 0 unspecified atom stereocenters. The summed E-state index contributed by atoms with van der Waals surface area (Å²) < 4.78 is 53.5. The van der Waals surface area contributed by atoms with Crippen LogP contribution in [0.25, 0.3) is 0 Å². The summed E-state index contributed by atoms with van der Waals surface area (Å²) in [4.78, 5) is 12.4. The zero-order valence-corrected chi connectivity index (χ0v) is 14.7. The van der Waals surface area contributed by atoms with Crippen LogP contribution in [0.5, 0.6) is 0 Å². The van der Waals surface area contributed by atoms with Crippen molar-refractivity contribution in [2.24, 2.45) is 5.92 Å². The second kappa shape index (κ2) is 7.19. The van der Waals surface area contributed by atoms with Gasteiger partial charge in [-0.25, -0.2) is 17.2 Å². The van der Waals surface area contributed by atoms with Crippen LogP contribution in [0.3, 0.4) is 0 Å². The molecule has 0 aliphatic carbocycles. The second-order valence-corrected chi connectivity index (χ2v) is 8.86. The summed E-state index contributed by atoms with van der Waals surface area (Å²) in [6, 6.07) is 5.96. The topological polar surface area (TPSA) is 66.5 Å². The van der Waals surface area contributed by atoms with Crippen molar-refractivity contribution in [3.63, 3.8) is 0 Å². The number of piperidine rings is 1. The van der Waals surface area contributed by atoms with Crippen LogP contribution in [-0.4, -0.2) is 31.7 Å². The van der Waals surface area contributed by atoms with Gasteiger partial charge in [0.1, 0.15) is 15.8 Å². The minimum absolute atomic E-state index is 0.0169. The van der Waals surface area contributed by atoms with Crippen LogP contribution >= 0.6 is 11.3 Å². The Hall–Kier alpha value is -1.84. The van der Waals surface area contributed by atoms with Crippen molar-refractivity contribution in [3.8, 4) is 0 Å². The fourth-order valence-electron chi connectivity index (χ4n) is 2.74. The van der Waals surface area contributed by atoms with Crippen molar-refractivity contribution in [2.75, 3.05) is 18.4 Å². The van der Waals surface area contributed by atoms with Crippen molar-refractivity contribution in [1.29, 1.82) is 0 Å². The van der Waals surface area contributed by atoms with Gasteiger partial charge in [0.25, 0.3) is 10.0 Å². The molecule has 0 spiro atoms. The Bertz CT molecular complexity index is 870. The highest BCUT2D eigenvalue weighted by Gasteiger charge is 2.34. The van der Waals surface area contributed by atoms with Gasteiger partial charge in [-0.1, -0.05) is 6.07 Å². The second-order valence-electron chi connectivity index (χ2n) is 5.75. The molecule has 1 aromatic carbocycles. The molecule has 1 aliphatic heterocycles. The van der Waals surface area contributed by atoms with Gasteiger partial charge in [-0.05, 0) is 36.4 Å². The van der Waals surface area contributed by atoms with Crippen molar-refractivity contribution in [3.05, 3.63) is 47.3 Å². The van der Waals surface area contributed by atoms with Gasteiger partial charge < -0.3 is 5.32 Å². The highest BCUT2D eigenvalue weighted by molar-refractivity contribution is 7.91. The van der Waals surface area contributed by atoms with E-state index in [-0.39, 0.29) is 16.4 Å². The van der Waals surface area contributed by atoms with Crippen molar-refractivity contribution in [2.45, 2.75) is 17.1 Å². The zero-order chi connectivity index (χ0) is 18.0. The Labute approximate surface area is 148 Å². The Morgan fingerprint density at radius 3 is 2.80 bits per heavy atom. The summed E-state index contributed by atoms with van der Waals surface area (Å²) in [5.41, 5.74) is -0.247. The summed E-state index contributed by atoms with van der Waals surface area (Å²) in [6.07, 6.45) is 1.01. The van der Waals surface area contributed by atoms with E-state index in [1.165, 1.54) is 10.4 Å². The normalized spacial score (nSPS) is 18.9. The first-order valence-corrected chi connectivity index (χ1v) is 9.99. The number of rotatable bonds is 4. The van der Waals surface area contributed by atoms with E-state index in [9.17, 15) is 22.0 Å². The molecule has 0 saturated carbocycles. The summed E-state index contributed by atoms with van der Waals surface area (Å²) in [7, 11) is -3.64. The third-order valence-electron chi connectivity index (χ3n) is 4.03. The number of hydrogen-bond donors (Lipinski definition) is 1. The molecule has 0 bridgehead atoms. The number of sulfonamides is 1. The maximum Gasteiger partial charge on any atom is 0.252 e. The van der Waals surface area contributed by atoms with Crippen LogP contribution in [0.1, 0.15) is 12.8 Å². The average Bonchev–Trinajstić information content (AvgIpc) is 3.13. The van der Waals surface area contributed by atoms with Crippen molar-refractivity contribution < 1.29 is 22.0 Å². The average molecular weight is 386 g/mol. The van der Waals surface area contributed by atoms with E-state index in [1.807, 2.05) is 0 Å². The van der Waals surface area contributed by atoms with E-state index >= 15 is 0 Å². The number of carbonyl (C=O) groups excluding carboxylic acids is 1. The predicted molar refractivity (Wildman–Crippen MR) is 90.8 cm³/mol. The number of nitrogens with one attached hydrogen (secondary N) is 1. The Morgan fingerprint density at radius 2 is 2.08 bits per heavy atom. The maximum atomic E-state index is 13.7. The molecular formula is C16H16F2N2O3S2. The molecule has 1 aromatic heterocycles. The molecule has 0 radical (unpaired) electrons. The van der Waals surface area contributed by atoms with Gasteiger partial charge in [-0.15, -0.1) is 11.3 Å². The quantitative estimate of drug-likeness (QED) is 0.878. The number of halogens is 2. The zero-order valence-electron chi connectivity index (χ0n) is 13.1. The number of thiophene rings is 1. The summed E-state index contributed by atoms with van der Waals surface area (Å²) >= 11 is 1.12. The van der Waals surface area contributed by atoms with Crippen LogP contribution in [0.15, 0.2) is 39.9 Å². The first-order valence-electron chi connectivity index (χ1n) is 7.67. The van der Waals surface area contributed by atoms with E-state index in [2.05, 4.69) is 5.32 Å². The lowest BCUT2D eigenvalue weighted by atomic mass is 9.98. The molecule has 134 valence electrons. The lowest BCUT2D eigenvalue weighted by molar-refractivity contribution is -0.120. The molecule has 5 nitrogen and oxygen atoms in total. The first-order chi connectivity index (χ1) is 11.9. The number of amides is 1. The molecule has 9 heteroatoms. The van der Waals surface area contributed by atoms with Gasteiger partial charge in [0.05, 0.1) is 11.6 Å². The van der Waals surface area contributed by atoms with E-state index in [4.69, 9.17) is 0 Å².